The molecular weight excluding hydrogens is 315 g/mol. The average molecular weight is 326 g/mol. The summed E-state index contributed by atoms with van der Waals surface area (Å²) >= 11 is 17.9. The second-order valence-corrected chi connectivity index (χ2v) is 5.59. The van der Waals surface area contributed by atoms with Crippen molar-refractivity contribution >= 4 is 40.5 Å². The maximum atomic E-state index is 9.10. The van der Waals surface area contributed by atoms with Gasteiger partial charge >= 0.3 is 0 Å². The van der Waals surface area contributed by atoms with Gasteiger partial charge in [0.05, 0.1) is 21.3 Å². The fraction of sp³-hybridized carbons (Fsp3) is 0.133. The first-order valence-electron chi connectivity index (χ1n) is 5.92. The molecule has 0 aliphatic heterocycles. The third-order valence-corrected chi connectivity index (χ3v) is 3.89. The Morgan fingerprint density at radius 2 is 1.80 bits per heavy atom. The second-order valence-electron chi connectivity index (χ2n) is 4.34. The summed E-state index contributed by atoms with van der Waals surface area (Å²) in [4.78, 5) is 0. The SMILES string of the molecule is CC(Nc1cc(Cl)ccc1C#N)c1ccc(Cl)c(Cl)c1. The molecule has 1 unspecified atom stereocenters. The van der Waals surface area contributed by atoms with Crippen molar-refractivity contribution in [2.45, 2.75) is 13.0 Å². The highest BCUT2D eigenvalue weighted by molar-refractivity contribution is 6.42. The van der Waals surface area contributed by atoms with Crippen molar-refractivity contribution in [2.75, 3.05) is 5.32 Å². The lowest BCUT2D eigenvalue weighted by atomic mass is 10.1. The molecule has 2 aromatic carbocycles. The van der Waals surface area contributed by atoms with Crippen molar-refractivity contribution in [3.8, 4) is 6.07 Å². The molecule has 102 valence electrons. The van der Waals surface area contributed by atoms with Crippen LogP contribution in [0.15, 0.2) is 36.4 Å². The summed E-state index contributed by atoms with van der Waals surface area (Å²) in [6.45, 7) is 1.97. The highest BCUT2D eigenvalue weighted by Crippen LogP contribution is 2.29. The number of nitrogens with one attached hydrogen (secondary N) is 1. The van der Waals surface area contributed by atoms with E-state index in [9.17, 15) is 0 Å². The van der Waals surface area contributed by atoms with Crippen molar-refractivity contribution in [1.82, 2.24) is 0 Å². The van der Waals surface area contributed by atoms with Crippen LogP contribution in [0.1, 0.15) is 24.1 Å². The highest BCUT2D eigenvalue weighted by atomic mass is 35.5. The van der Waals surface area contributed by atoms with Crippen molar-refractivity contribution < 1.29 is 0 Å². The zero-order valence-electron chi connectivity index (χ0n) is 10.6. The quantitative estimate of drug-likeness (QED) is 0.786. The molecular formula is C15H11Cl3N2. The summed E-state index contributed by atoms with van der Waals surface area (Å²) in [6, 6.07) is 12.7. The molecule has 0 heterocycles. The van der Waals surface area contributed by atoms with Crippen molar-refractivity contribution in [3.63, 3.8) is 0 Å². The molecule has 0 radical (unpaired) electrons. The van der Waals surface area contributed by atoms with Gasteiger partial charge in [-0.2, -0.15) is 5.26 Å². The molecule has 0 fully saturated rings. The van der Waals surface area contributed by atoms with E-state index in [1.807, 2.05) is 13.0 Å². The minimum absolute atomic E-state index is 0.0321. The number of benzene rings is 2. The first-order valence-corrected chi connectivity index (χ1v) is 7.06. The molecule has 1 N–H and O–H groups in total. The van der Waals surface area contributed by atoms with Gasteiger partial charge in [0.2, 0.25) is 0 Å². The molecule has 0 saturated heterocycles. The number of hydrogen-bond acceptors (Lipinski definition) is 2. The fourth-order valence-electron chi connectivity index (χ4n) is 1.83. The van der Waals surface area contributed by atoms with Gasteiger partial charge < -0.3 is 5.32 Å². The highest BCUT2D eigenvalue weighted by Gasteiger charge is 2.10. The molecule has 0 aliphatic rings. The van der Waals surface area contributed by atoms with E-state index < -0.39 is 0 Å². The fourth-order valence-corrected chi connectivity index (χ4v) is 2.31. The minimum Gasteiger partial charge on any atom is -0.377 e. The van der Waals surface area contributed by atoms with E-state index in [4.69, 9.17) is 40.1 Å². The predicted octanol–water partition coefficient (Wildman–Crippen LogP) is 5.69. The molecule has 0 aromatic heterocycles. The molecule has 0 spiro atoms. The number of rotatable bonds is 3. The number of nitriles is 1. The van der Waals surface area contributed by atoms with Gasteiger partial charge in [0.25, 0.3) is 0 Å². The third-order valence-electron chi connectivity index (χ3n) is 2.92. The van der Waals surface area contributed by atoms with Crippen LogP contribution in [0.2, 0.25) is 15.1 Å². The lowest BCUT2D eigenvalue weighted by Crippen LogP contribution is -2.07. The molecule has 2 nitrogen and oxygen atoms in total. The van der Waals surface area contributed by atoms with Crippen LogP contribution in [0.5, 0.6) is 0 Å². The van der Waals surface area contributed by atoms with E-state index in [0.717, 1.165) is 5.56 Å². The number of nitrogens with zero attached hydrogens (tertiary/aromatic N) is 1. The standard InChI is InChI=1S/C15H11Cl3N2/c1-9(10-3-5-13(17)14(18)6-10)20-15-7-12(16)4-2-11(15)8-19/h2-7,9,20H,1H3. The molecule has 5 heteroatoms. The first-order chi connectivity index (χ1) is 9.51. The Labute approximate surface area is 132 Å². The van der Waals surface area contributed by atoms with Crippen molar-refractivity contribution in [3.05, 3.63) is 62.6 Å². The Morgan fingerprint density at radius 1 is 1.05 bits per heavy atom. The largest absolute Gasteiger partial charge is 0.377 e. The van der Waals surface area contributed by atoms with Crippen LogP contribution < -0.4 is 5.32 Å². The van der Waals surface area contributed by atoms with Gasteiger partial charge in [-0.15, -0.1) is 0 Å². The normalized spacial score (nSPS) is 11.8. The molecule has 0 amide bonds. The number of anilines is 1. The van der Waals surface area contributed by atoms with Gasteiger partial charge in [-0.05, 0) is 42.8 Å². The third kappa shape index (κ3) is 3.37. The van der Waals surface area contributed by atoms with E-state index in [1.54, 1.807) is 30.3 Å². The average Bonchev–Trinajstić information content (AvgIpc) is 2.42. The van der Waals surface area contributed by atoms with Crippen molar-refractivity contribution in [2.24, 2.45) is 0 Å². The Morgan fingerprint density at radius 3 is 2.45 bits per heavy atom. The maximum Gasteiger partial charge on any atom is 0.101 e. The molecule has 0 bridgehead atoms. The first kappa shape index (κ1) is 15.0. The minimum atomic E-state index is -0.0321. The van der Waals surface area contributed by atoms with E-state index in [2.05, 4.69) is 11.4 Å². The van der Waals surface area contributed by atoms with Gasteiger partial charge in [0.15, 0.2) is 0 Å². The Hall–Kier alpha value is -1.40. The smallest absolute Gasteiger partial charge is 0.101 e. The topological polar surface area (TPSA) is 35.8 Å². The van der Waals surface area contributed by atoms with Crippen LogP contribution in [0.3, 0.4) is 0 Å². The molecule has 20 heavy (non-hydrogen) atoms. The van der Waals surface area contributed by atoms with Crippen LogP contribution in [0, 0.1) is 11.3 Å². The number of hydrogen-bond donors (Lipinski definition) is 1. The van der Waals surface area contributed by atoms with Crippen LogP contribution in [-0.4, -0.2) is 0 Å². The monoisotopic (exact) mass is 324 g/mol. The molecule has 1 atom stereocenters. The van der Waals surface area contributed by atoms with Gasteiger partial charge in [-0.1, -0.05) is 40.9 Å². The zero-order valence-corrected chi connectivity index (χ0v) is 12.9. The maximum absolute atomic E-state index is 9.10. The number of halogens is 3. The Kier molecular flexibility index (Phi) is 4.77. The van der Waals surface area contributed by atoms with Crippen LogP contribution in [-0.2, 0) is 0 Å². The van der Waals surface area contributed by atoms with E-state index >= 15 is 0 Å². The summed E-state index contributed by atoms with van der Waals surface area (Å²) in [5, 5.41) is 14.0. The molecule has 0 aliphatic carbocycles. The predicted molar refractivity (Wildman–Crippen MR) is 84.7 cm³/mol. The zero-order chi connectivity index (χ0) is 14.7. The van der Waals surface area contributed by atoms with Crippen LogP contribution >= 0.6 is 34.8 Å². The van der Waals surface area contributed by atoms with Gasteiger partial charge in [-0.25, -0.2) is 0 Å². The summed E-state index contributed by atoms with van der Waals surface area (Å²) in [5.41, 5.74) is 2.21. The van der Waals surface area contributed by atoms with Crippen LogP contribution in [0.25, 0.3) is 0 Å². The second kappa shape index (κ2) is 6.37. The lowest BCUT2D eigenvalue weighted by Gasteiger charge is -2.17. The Bertz CT molecular complexity index is 677. The van der Waals surface area contributed by atoms with Gasteiger partial charge in [0.1, 0.15) is 6.07 Å². The van der Waals surface area contributed by atoms with Gasteiger partial charge in [-0.3, -0.25) is 0 Å². The summed E-state index contributed by atoms with van der Waals surface area (Å²) in [6.07, 6.45) is 0. The van der Waals surface area contributed by atoms with Crippen LogP contribution in [0.4, 0.5) is 5.69 Å². The van der Waals surface area contributed by atoms with E-state index in [0.29, 0.717) is 26.3 Å². The summed E-state index contributed by atoms with van der Waals surface area (Å²) in [5.74, 6) is 0. The lowest BCUT2D eigenvalue weighted by molar-refractivity contribution is 0.884. The van der Waals surface area contributed by atoms with E-state index in [1.165, 1.54) is 0 Å². The summed E-state index contributed by atoms with van der Waals surface area (Å²) in [7, 11) is 0. The summed E-state index contributed by atoms with van der Waals surface area (Å²) < 4.78 is 0. The molecule has 2 rings (SSSR count). The molecule has 2 aromatic rings. The van der Waals surface area contributed by atoms with Gasteiger partial charge in [0, 0.05) is 11.1 Å². The molecule has 0 saturated carbocycles. The van der Waals surface area contributed by atoms with Crippen molar-refractivity contribution in [1.29, 1.82) is 5.26 Å². The Balaban J connectivity index is 2.27. The van der Waals surface area contributed by atoms with E-state index in [-0.39, 0.29) is 6.04 Å².